The van der Waals surface area contributed by atoms with Gasteiger partial charge in [0.15, 0.2) is 5.13 Å². The number of anilines is 2. The number of rotatable bonds is 4. The van der Waals surface area contributed by atoms with Gasteiger partial charge in [-0.3, -0.25) is 4.79 Å². The first-order chi connectivity index (χ1) is 11.1. The van der Waals surface area contributed by atoms with Crippen LogP contribution in [0.2, 0.25) is 0 Å². The number of nitrogens with one attached hydrogen (secondary N) is 2. The van der Waals surface area contributed by atoms with Crippen LogP contribution in [0.4, 0.5) is 28.4 Å². The van der Waals surface area contributed by atoms with Crippen LogP contribution in [0, 0.1) is 19.7 Å². The van der Waals surface area contributed by atoms with Crippen LogP contribution in [0.1, 0.15) is 23.1 Å². The third-order valence-corrected chi connectivity index (χ3v) is 4.30. The SMILES string of the molecule is Cc1nc(NC(=O)[C@H](C)Nc2ccc(F)c(C(F)(F)F)c2)sc1C. The first-order valence-electron chi connectivity index (χ1n) is 6.96. The van der Waals surface area contributed by atoms with Crippen molar-refractivity contribution in [3.8, 4) is 0 Å². The molecule has 0 saturated carbocycles. The standard InChI is InChI=1S/C15H15F4N3OS/c1-7-9(3)24-14(21-7)22-13(23)8(2)20-10-4-5-12(16)11(6-10)15(17,18)19/h4-6,8,20H,1-3H3,(H,21,22,23)/t8-/m0/s1. The van der Waals surface area contributed by atoms with E-state index < -0.39 is 29.5 Å². The summed E-state index contributed by atoms with van der Waals surface area (Å²) in [7, 11) is 0. The molecule has 0 saturated heterocycles. The van der Waals surface area contributed by atoms with E-state index in [1.54, 1.807) is 6.92 Å². The van der Waals surface area contributed by atoms with Gasteiger partial charge in [-0.05, 0) is 39.0 Å². The lowest BCUT2D eigenvalue weighted by Crippen LogP contribution is -2.32. The summed E-state index contributed by atoms with van der Waals surface area (Å²) in [4.78, 5) is 17.2. The molecule has 2 aromatic rings. The number of aromatic nitrogens is 1. The Bertz CT molecular complexity index is 738. The van der Waals surface area contributed by atoms with Crippen molar-refractivity contribution in [1.82, 2.24) is 4.98 Å². The van der Waals surface area contributed by atoms with E-state index in [4.69, 9.17) is 0 Å². The Labute approximate surface area is 139 Å². The van der Waals surface area contributed by atoms with Gasteiger partial charge in [-0.1, -0.05) is 0 Å². The fourth-order valence-corrected chi connectivity index (χ4v) is 2.71. The van der Waals surface area contributed by atoms with Crippen LogP contribution >= 0.6 is 11.3 Å². The smallest absolute Gasteiger partial charge is 0.374 e. The number of hydrogen-bond acceptors (Lipinski definition) is 4. The maximum Gasteiger partial charge on any atom is 0.419 e. The third kappa shape index (κ3) is 4.22. The van der Waals surface area contributed by atoms with Crippen molar-refractivity contribution in [2.45, 2.75) is 33.0 Å². The molecule has 1 aromatic carbocycles. The van der Waals surface area contributed by atoms with E-state index in [0.29, 0.717) is 17.3 Å². The van der Waals surface area contributed by atoms with Gasteiger partial charge >= 0.3 is 6.18 Å². The average molecular weight is 361 g/mol. The molecule has 0 aliphatic carbocycles. The third-order valence-electron chi connectivity index (χ3n) is 3.31. The van der Waals surface area contributed by atoms with Crippen molar-refractivity contribution in [3.63, 3.8) is 0 Å². The van der Waals surface area contributed by atoms with Gasteiger partial charge in [0.2, 0.25) is 5.91 Å². The monoisotopic (exact) mass is 361 g/mol. The summed E-state index contributed by atoms with van der Waals surface area (Å²) in [5.74, 6) is -1.82. The molecule has 0 aliphatic heterocycles. The predicted octanol–water partition coefficient (Wildman–Crippen LogP) is 4.36. The van der Waals surface area contributed by atoms with E-state index in [9.17, 15) is 22.4 Å². The summed E-state index contributed by atoms with van der Waals surface area (Å²) in [6.07, 6.45) is -4.80. The van der Waals surface area contributed by atoms with Crippen molar-refractivity contribution in [2.75, 3.05) is 10.6 Å². The van der Waals surface area contributed by atoms with Crippen LogP contribution in [-0.4, -0.2) is 16.9 Å². The minimum Gasteiger partial charge on any atom is -0.374 e. The van der Waals surface area contributed by atoms with Gasteiger partial charge in [-0.25, -0.2) is 9.37 Å². The summed E-state index contributed by atoms with van der Waals surface area (Å²) in [5.41, 5.74) is -0.589. The minimum absolute atomic E-state index is 0.00197. The zero-order valence-electron chi connectivity index (χ0n) is 13.1. The van der Waals surface area contributed by atoms with Gasteiger partial charge in [0.25, 0.3) is 0 Å². The molecule has 1 heterocycles. The molecule has 2 N–H and O–H groups in total. The highest BCUT2D eigenvalue weighted by Crippen LogP contribution is 2.33. The highest BCUT2D eigenvalue weighted by atomic mass is 32.1. The molecule has 0 unspecified atom stereocenters. The molecule has 24 heavy (non-hydrogen) atoms. The zero-order chi connectivity index (χ0) is 18.1. The Hall–Kier alpha value is -2.16. The summed E-state index contributed by atoms with van der Waals surface area (Å²) in [5, 5.41) is 5.63. The van der Waals surface area contributed by atoms with E-state index in [1.807, 2.05) is 6.92 Å². The molecule has 130 valence electrons. The number of thiazole rings is 1. The molecule has 1 atom stereocenters. The lowest BCUT2D eigenvalue weighted by atomic mass is 10.1. The lowest BCUT2D eigenvalue weighted by Gasteiger charge is -2.16. The molecule has 0 bridgehead atoms. The fourth-order valence-electron chi connectivity index (χ4n) is 1.89. The van der Waals surface area contributed by atoms with Crippen molar-refractivity contribution in [1.29, 1.82) is 0 Å². The van der Waals surface area contributed by atoms with Gasteiger partial charge in [-0.15, -0.1) is 11.3 Å². The Morgan fingerprint density at radius 3 is 2.50 bits per heavy atom. The molecule has 1 amide bonds. The highest BCUT2D eigenvalue weighted by Gasteiger charge is 2.34. The van der Waals surface area contributed by atoms with E-state index >= 15 is 0 Å². The van der Waals surface area contributed by atoms with Crippen molar-refractivity contribution >= 4 is 28.1 Å². The molecular formula is C15H15F4N3OS. The molecule has 0 fully saturated rings. The second-order valence-corrected chi connectivity index (χ2v) is 6.41. The maximum atomic E-state index is 13.3. The van der Waals surface area contributed by atoms with E-state index in [0.717, 1.165) is 16.6 Å². The summed E-state index contributed by atoms with van der Waals surface area (Å²) >= 11 is 1.30. The number of hydrogen-bond donors (Lipinski definition) is 2. The highest BCUT2D eigenvalue weighted by molar-refractivity contribution is 7.15. The molecule has 2 rings (SSSR count). The van der Waals surface area contributed by atoms with Crippen LogP contribution in [0.5, 0.6) is 0 Å². The van der Waals surface area contributed by atoms with E-state index in [1.165, 1.54) is 18.3 Å². The van der Waals surface area contributed by atoms with Crippen LogP contribution in [0.15, 0.2) is 18.2 Å². The summed E-state index contributed by atoms with van der Waals surface area (Å²) in [6.45, 7) is 5.15. The van der Waals surface area contributed by atoms with Gasteiger partial charge in [0.05, 0.1) is 11.3 Å². The van der Waals surface area contributed by atoms with Gasteiger partial charge in [0.1, 0.15) is 11.9 Å². The summed E-state index contributed by atoms with van der Waals surface area (Å²) < 4.78 is 51.4. The second kappa shape index (κ2) is 6.76. The van der Waals surface area contributed by atoms with E-state index in [2.05, 4.69) is 15.6 Å². The number of alkyl halides is 3. The van der Waals surface area contributed by atoms with Crippen LogP contribution in [0.25, 0.3) is 0 Å². The van der Waals surface area contributed by atoms with Crippen molar-refractivity contribution < 1.29 is 22.4 Å². The molecule has 4 nitrogen and oxygen atoms in total. The number of carbonyl (C=O) groups is 1. The van der Waals surface area contributed by atoms with Gasteiger partial charge in [-0.2, -0.15) is 13.2 Å². The number of aryl methyl sites for hydroxylation is 2. The molecule has 1 aromatic heterocycles. The zero-order valence-corrected chi connectivity index (χ0v) is 13.9. The quantitative estimate of drug-likeness (QED) is 0.796. The second-order valence-electron chi connectivity index (χ2n) is 5.21. The van der Waals surface area contributed by atoms with Crippen molar-refractivity contribution in [2.24, 2.45) is 0 Å². The van der Waals surface area contributed by atoms with Gasteiger partial charge in [0, 0.05) is 10.6 Å². The topological polar surface area (TPSA) is 54.0 Å². The molecule has 0 aliphatic rings. The number of benzene rings is 1. The summed E-state index contributed by atoms with van der Waals surface area (Å²) in [6, 6.07) is 1.66. The van der Waals surface area contributed by atoms with E-state index in [-0.39, 0.29) is 5.69 Å². The largest absolute Gasteiger partial charge is 0.419 e. The predicted molar refractivity (Wildman–Crippen MR) is 84.7 cm³/mol. The Kier molecular flexibility index (Phi) is 5.12. The average Bonchev–Trinajstić information content (AvgIpc) is 2.78. The van der Waals surface area contributed by atoms with Crippen LogP contribution in [0.3, 0.4) is 0 Å². The van der Waals surface area contributed by atoms with Gasteiger partial charge < -0.3 is 10.6 Å². The van der Waals surface area contributed by atoms with Crippen LogP contribution < -0.4 is 10.6 Å². The maximum absolute atomic E-state index is 13.3. The number of halogens is 4. The Morgan fingerprint density at radius 2 is 1.96 bits per heavy atom. The minimum atomic E-state index is -4.80. The molecule has 9 heteroatoms. The van der Waals surface area contributed by atoms with Crippen LogP contribution in [-0.2, 0) is 11.0 Å². The number of carbonyl (C=O) groups excluding carboxylic acids is 1. The first kappa shape index (κ1) is 18.2. The first-order valence-corrected chi connectivity index (χ1v) is 7.77. The molecular weight excluding hydrogens is 346 g/mol. The molecule has 0 radical (unpaired) electrons. The fraction of sp³-hybridized carbons (Fsp3) is 0.333. The Balaban J connectivity index is 2.08. The normalized spacial score (nSPS) is 12.8. The lowest BCUT2D eigenvalue weighted by molar-refractivity contribution is -0.139. The Morgan fingerprint density at radius 1 is 1.29 bits per heavy atom. The van der Waals surface area contributed by atoms with Crippen molar-refractivity contribution in [3.05, 3.63) is 40.2 Å². The number of amides is 1. The number of nitrogens with zero attached hydrogens (tertiary/aromatic N) is 1. The molecule has 0 spiro atoms.